The second kappa shape index (κ2) is 10.4. The fourth-order valence-electron chi connectivity index (χ4n) is 3.75. The molecular formula is C25H30ClN5O. The van der Waals surface area contributed by atoms with E-state index in [1.165, 1.54) is 11.1 Å². The van der Waals surface area contributed by atoms with Crippen LogP contribution < -0.4 is 21.7 Å². The van der Waals surface area contributed by atoms with Crippen LogP contribution in [0.2, 0.25) is 5.02 Å². The molecule has 0 radical (unpaired) electrons. The monoisotopic (exact) mass is 451 g/mol. The molecule has 0 aromatic heterocycles. The number of halogens is 1. The maximum absolute atomic E-state index is 6.14. The summed E-state index contributed by atoms with van der Waals surface area (Å²) in [5, 5.41) is 3.77. The van der Waals surface area contributed by atoms with E-state index in [1.54, 1.807) is 0 Å². The van der Waals surface area contributed by atoms with Gasteiger partial charge in [-0.15, -0.1) is 0 Å². The maximum atomic E-state index is 6.14. The second-order valence-electron chi connectivity index (χ2n) is 8.12. The molecule has 0 bridgehead atoms. The number of hydrogen-bond acceptors (Lipinski definition) is 6. The van der Waals surface area contributed by atoms with Gasteiger partial charge in [-0.05, 0) is 41.0 Å². The minimum absolute atomic E-state index is 0.00691. The van der Waals surface area contributed by atoms with Crippen molar-refractivity contribution in [3.8, 4) is 0 Å². The van der Waals surface area contributed by atoms with E-state index in [1.807, 2.05) is 30.3 Å². The van der Waals surface area contributed by atoms with Crippen LogP contribution in [0.4, 0.5) is 5.69 Å². The third-order valence-corrected chi connectivity index (χ3v) is 5.85. The number of anilines is 1. The quantitative estimate of drug-likeness (QED) is 0.323. The van der Waals surface area contributed by atoms with E-state index in [-0.39, 0.29) is 12.5 Å². The zero-order valence-electron chi connectivity index (χ0n) is 18.2. The molecule has 32 heavy (non-hydrogen) atoms. The first-order valence-electron chi connectivity index (χ1n) is 10.7. The molecule has 168 valence electrons. The standard InChI is InChI=1S/C25H30ClN5O/c1-30(22-5-3-2-4-6-22)23-24(32-23)31(17-20-11-13-21(26)14-12-20)16-19-9-7-18(8-10-19)15-29-25(27)28/h2-14,23-25,29H,15-17,27-28H2,1H3. The summed E-state index contributed by atoms with van der Waals surface area (Å²) in [5.41, 5.74) is 15.8. The van der Waals surface area contributed by atoms with Gasteiger partial charge in [0, 0.05) is 37.4 Å². The Labute approximate surface area is 194 Å². The highest BCUT2D eigenvalue weighted by Gasteiger charge is 2.46. The summed E-state index contributed by atoms with van der Waals surface area (Å²) < 4.78 is 6.14. The summed E-state index contributed by atoms with van der Waals surface area (Å²) in [6, 6.07) is 26.8. The number of hydrogen-bond donors (Lipinski definition) is 3. The molecule has 1 fully saturated rings. The lowest BCUT2D eigenvalue weighted by molar-refractivity contribution is 0.159. The van der Waals surface area contributed by atoms with Gasteiger partial charge in [0.2, 0.25) is 0 Å². The zero-order valence-corrected chi connectivity index (χ0v) is 19.0. The minimum Gasteiger partial charge on any atom is -0.346 e. The van der Waals surface area contributed by atoms with Crippen LogP contribution in [0.3, 0.4) is 0 Å². The summed E-state index contributed by atoms with van der Waals surface area (Å²) >= 11 is 6.08. The maximum Gasteiger partial charge on any atom is 0.172 e. The van der Waals surface area contributed by atoms with Crippen molar-refractivity contribution in [2.75, 3.05) is 11.9 Å². The van der Waals surface area contributed by atoms with Crippen molar-refractivity contribution in [3.05, 3.63) is 101 Å². The molecule has 0 saturated carbocycles. The van der Waals surface area contributed by atoms with Crippen LogP contribution in [-0.4, -0.2) is 30.7 Å². The molecule has 2 unspecified atom stereocenters. The van der Waals surface area contributed by atoms with Crippen molar-refractivity contribution < 1.29 is 4.74 Å². The Morgan fingerprint density at radius 1 is 0.844 bits per heavy atom. The van der Waals surface area contributed by atoms with E-state index in [9.17, 15) is 0 Å². The average molecular weight is 452 g/mol. The van der Waals surface area contributed by atoms with E-state index in [2.05, 4.69) is 70.7 Å². The molecule has 0 spiro atoms. The van der Waals surface area contributed by atoms with Crippen LogP contribution in [-0.2, 0) is 24.4 Å². The smallest absolute Gasteiger partial charge is 0.172 e. The Kier molecular flexibility index (Phi) is 7.42. The van der Waals surface area contributed by atoms with Crippen molar-refractivity contribution in [2.24, 2.45) is 11.5 Å². The summed E-state index contributed by atoms with van der Waals surface area (Å²) in [6.07, 6.45) is -0.498. The molecule has 1 saturated heterocycles. The van der Waals surface area contributed by atoms with E-state index in [0.29, 0.717) is 6.54 Å². The van der Waals surface area contributed by atoms with Gasteiger partial charge in [-0.3, -0.25) is 10.2 Å². The zero-order chi connectivity index (χ0) is 22.5. The summed E-state index contributed by atoms with van der Waals surface area (Å²) in [7, 11) is 2.07. The van der Waals surface area contributed by atoms with E-state index >= 15 is 0 Å². The van der Waals surface area contributed by atoms with Gasteiger partial charge >= 0.3 is 0 Å². The van der Waals surface area contributed by atoms with Gasteiger partial charge < -0.3 is 21.1 Å². The van der Waals surface area contributed by atoms with E-state index in [0.717, 1.165) is 29.4 Å². The van der Waals surface area contributed by atoms with Crippen molar-refractivity contribution in [1.82, 2.24) is 10.2 Å². The third-order valence-electron chi connectivity index (χ3n) is 5.60. The number of likely N-dealkylation sites (N-methyl/N-ethyl adjacent to an activating group) is 1. The third kappa shape index (κ3) is 6.07. The number of nitrogens with one attached hydrogen (secondary N) is 1. The largest absolute Gasteiger partial charge is 0.346 e. The fourth-order valence-corrected chi connectivity index (χ4v) is 3.88. The van der Waals surface area contributed by atoms with Crippen molar-refractivity contribution in [1.29, 1.82) is 0 Å². The Balaban J connectivity index is 1.46. The van der Waals surface area contributed by atoms with Gasteiger partial charge in [0.25, 0.3) is 0 Å². The average Bonchev–Trinajstić information content (AvgIpc) is 3.60. The predicted molar refractivity (Wildman–Crippen MR) is 130 cm³/mol. The number of nitrogens with zero attached hydrogens (tertiary/aromatic N) is 2. The number of nitrogens with two attached hydrogens (primary N) is 2. The molecule has 4 rings (SSSR count). The minimum atomic E-state index is -0.518. The normalized spacial score (nSPS) is 17.7. The second-order valence-corrected chi connectivity index (χ2v) is 8.55. The lowest BCUT2D eigenvalue weighted by Crippen LogP contribution is -2.44. The van der Waals surface area contributed by atoms with E-state index < -0.39 is 6.29 Å². The SMILES string of the molecule is CN(c1ccccc1)C1OC1N(Cc1ccc(Cl)cc1)Cc1ccc(CNC(N)N)cc1. The number of ether oxygens (including phenoxy) is 1. The summed E-state index contributed by atoms with van der Waals surface area (Å²) in [5.74, 6) is 0. The molecule has 1 aliphatic heterocycles. The van der Waals surface area contributed by atoms with Crippen LogP contribution in [0, 0.1) is 0 Å². The lowest BCUT2D eigenvalue weighted by Gasteiger charge is -2.23. The highest BCUT2D eigenvalue weighted by molar-refractivity contribution is 6.30. The highest BCUT2D eigenvalue weighted by Crippen LogP contribution is 2.34. The van der Waals surface area contributed by atoms with Gasteiger partial charge in [0.05, 0.1) is 0 Å². The number of para-hydroxylation sites is 1. The van der Waals surface area contributed by atoms with Crippen LogP contribution in [0.1, 0.15) is 16.7 Å². The van der Waals surface area contributed by atoms with Crippen LogP contribution >= 0.6 is 11.6 Å². The molecule has 0 amide bonds. The Hall–Kier alpha value is -2.45. The number of benzene rings is 3. The van der Waals surface area contributed by atoms with Gasteiger partial charge in [0.1, 0.15) is 6.29 Å². The molecule has 7 heteroatoms. The molecule has 2 atom stereocenters. The van der Waals surface area contributed by atoms with Crippen LogP contribution in [0.5, 0.6) is 0 Å². The molecule has 5 N–H and O–H groups in total. The van der Waals surface area contributed by atoms with Crippen molar-refractivity contribution in [3.63, 3.8) is 0 Å². The number of rotatable bonds is 10. The highest BCUT2D eigenvalue weighted by atomic mass is 35.5. The number of epoxide rings is 1. The predicted octanol–water partition coefficient (Wildman–Crippen LogP) is 3.45. The van der Waals surface area contributed by atoms with Crippen molar-refractivity contribution >= 4 is 17.3 Å². The van der Waals surface area contributed by atoms with Gasteiger partial charge in [0.15, 0.2) is 12.5 Å². The molecule has 3 aromatic carbocycles. The Morgan fingerprint density at radius 2 is 1.41 bits per heavy atom. The van der Waals surface area contributed by atoms with Gasteiger partial charge in [-0.1, -0.05) is 66.2 Å². The lowest BCUT2D eigenvalue weighted by atomic mass is 10.1. The van der Waals surface area contributed by atoms with Crippen LogP contribution in [0.25, 0.3) is 0 Å². The summed E-state index contributed by atoms with van der Waals surface area (Å²) in [6.45, 7) is 2.19. The Bertz CT molecular complexity index is 981. The Morgan fingerprint density at radius 3 is 2.00 bits per heavy atom. The summed E-state index contributed by atoms with van der Waals surface area (Å²) in [4.78, 5) is 4.54. The molecule has 0 aliphatic carbocycles. The fraction of sp³-hybridized carbons (Fsp3) is 0.280. The first-order valence-corrected chi connectivity index (χ1v) is 11.1. The van der Waals surface area contributed by atoms with Crippen molar-refractivity contribution in [2.45, 2.75) is 38.4 Å². The molecular weight excluding hydrogens is 422 g/mol. The van der Waals surface area contributed by atoms with Gasteiger partial charge in [-0.2, -0.15) is 0 Å². The molecule has 1 aliphatic rings. The molecule has 1 heterocycles. The molecule has 3 aromatic rings. The topological polar surface area (TPSA) is 83.1 Å². The molecule has 6 nitrogen and oxygen atoms in total. The van der Waals surface area contributed by atoms with Gasteiger partial charge in [-0.25, -0.2) is 0 Å². The first-order chi connectivity index (χ1) is 15.5. The van der Waals surface area contributed by atoms with E-state index in [4.69, 9.17) is 27.8 Å². The first kappa shape index (κ1) is 22.7. The van der Waals surface area contributed by atoms with Crippen LogP contribution in [0.15, 0.2) is 78.9 Å².